The number of carbonyl (C=O) groups excluding carboxylic acids is 2. The van der Waals surface area contributed by atoms with E-state index < -0.39 is 17.8 Å². The van der Waals surface area contributed by atoms with E-state index in [1.165, 1.54) is 49.6 Å². The lowest BCUT2D eigenvalue weighted by molar-refractivity contribution is 0.102. The molecule has 32 heavy (non-hydrogen) atoms. The zero-order valence-electron chi connectivity index (χ0n) is 17.3. The van der Waals surface area contributed by atoms with Crippen molar-refractivity contribution in [2.75, 3.05) is 16.7 Å². The highest BCUT2D eigenvalue weighted by Crippen LogP contribution is 2.31. The topological polar surface area (TPSA) is 70.7 Å². The van der Waals surface area contributed by atoms with Crippen LogP contribution in [0.15, 0.2) is 66.7 Å². The molecule has 3 amide bonds. The number of amides is 3. The highest BCUT2D eigenvalue weighted by atomic mass is 32.1. The number of urea groups is 1. The molecule has 3 aromatic carbocycles. The van der Waals surface area contributed by atoms with Gasteiger partial charge in [-0.25, -0.2) is 17.9 Å². The molecule has 166 valence electrons. The molecule has 0 aliphatic rings. The molecule has 0 spiro atoms. The van der Waals surface area contributed by atoms with Gasteiger partial charge in [-0.3, -0.25) is 4.79 Å². The Morgan fingerprint density at radius 1 is 1.03 bits per heavy atom. The van der Waals surface area contributed by atoms with Crippen molar-refractivity contribution in [1.82, 2.24) is 5.32 Å². The van der Waals surface area contributed by atoms with E-state index in [1.807, 2.05) is 0 Å². The number of methoxy groups -OCH3 is 1. The molecule has 0 aromatic heterocycles. The quantitative estimate of drug-likeness (QED) is 0.437. The largest absolute Gasteiger partial charge is 0.494 e. The standard InChI is InChI=1S/C23H21F2N3O3S/c1-14(15-7-9-16(24)10-8-15)26-23(30)28(32)17-11-12-20(21(13-17)31-2)27-22(29)18-5-3-4-6-19(18)25/h3-14,32H,1-2H3,(H,26,30)(H,27,29). The molecule has 3 aromatic rings. The van der Waals surface area contributed by atoms with Crippen molar-refractivity contribution in [2.24, 2.45) is 0 Å². The summed E-state index contributed by atoms with van der Waals surface area (Å²) >= 11 is 4.25. The van der Waals surface area contributed by atoms with Gasteiger partial charge in [0, 0.05) is 6.07 Å². The minimum atomic E-state index is -0.644. The number of anilines is 2. The third-order valence-electron chi connectivity index (χ3n) is 4.70. The summed E-state index contributed by atoms with van der Waals surface area (Å²) in [6, 6.07) is 15.1. The van der Waals surface area contributed by atoms with Crippen LogP contribution in [-0.2, 0) is 0 Å². The highest BCUT2D eigenvalue weighted by Gasteiger charge is 2.19. The molecule has 0 aliphatic carbocycles. The van der Waals surface area contributed by atoms with Gasteiger partial charge in [0.2, 0.25) is 0 Å². The number of halogens is 2. The van der Waals surface area contributed by atoms with Crippen molar-refractivity contribution >= 4 is 36.1 Å². The molecule has 1 atom stereocenters. The summed E-state index contributed by atoms with van der Waals surface area (Å²) in [5, 5.41) is 5.36. The molecule has 9 heteroatoms. The second kappa shape index (κ2) is 10.1. The van der Waals surface area contributed by atoms with Crippen molar-refractivity contribution in [1.29, 1.82) is 0 Å². The Labute approximate surface area is 189 Å². The summed E-state index contributed by atoms with van der Waals surface area (Å²) < 4.78 is 33.3. The summed E-state index contributed by atoms with van der Waals surface area (Å²) in [7, 11) is 1.40. The monoisotopic (exact) mass is 457 g/mol. The number of ether oxygens (including phenoxy) is 1. The first-order chi connectivity index (χ1) is 15.3. The Morgan fingerprint density at radius 2 is 1.72 bits per heavy atom. The summed E-state index contributed by atoms with van der Waals surface area (Å²) in [6.07, 6.45) is 0. The molecule has 0 fully saturated rings. The van der Waals surface area contributed by atoms with Gasteiger partial charge in [0.1, 0.15) is 17.4 Å². The molecule has 6 nitrogen and oxygen atoms in total. The number of rotatable bonds is 6. The van der Waals surface area contributed by atoms with Gasteiger partial charge in [0.25, 0.3) is 5.91 Å². The maximum absolute atomic E-state index is 13.9. The number of hydrogen-bond acceptors (Lipinski definition) is 4. The van der Waals surface area contributed by atoms with Crippen LogP contribution in [0.25, 0.3) is 0 Å². The summed E-state index contributed by atoms with van der Waals surface area (Å²) in [5.74, 6) is -1.39. The molecular weight excluding hydrogens is 436 g/mol. The number of hydrogen-bond donors (Lipinski definition) is 3. The van der Waals surface area contributed by atoms with Crippen LogP contribution in [0, 0.1) is 11.6 Å². The van der Waals surface area contributed by atoms with Gasteiger partial charge in [0.05, 0.1) is 30.1 Å². The number of carbonyl (C=O) groups is 2. The van der Waals surface area contributed by atoms with E-state index in [0.29, 0.717) is 11.4 Å². The second-order valence-corrected chi connectivity index (χ2v) is 7.25. The summed E-state index contributed by atoms with van der Waals surface area (Å²) in [6.45, 7) is 1.76. The van der Waals surface area contributed by atoms with Crippen LogP contribution < -0.4 is 19.7 Å². The first-order valence-corrected chi connectivity index (χ1v) is 9.99. The van der Waals surface area contributed by atoms with Gasteiger partial charge in [-0.1, -0.05) is 37.1 Å². The van der Waals surface area contributed by atoms with Crippen molar-refractivity contribution in [3.63, 3.8) is 0 Å². The van der Waals surface area contributed by atoms with Crippen LogP contribution in [-0.4, -0.2) is 19.0 Å². The van der Waals surface area contributed by atoms with Crippen LogP contribution in [0.1, 0.15) is 28.9 Å². The van der Waals surface area contributed by atoms with Crippen LogP contribution in [0.4, 0.5) is 25.0 Å². The van der Waals surface area contributed by atoms with Crippen molar-refractivity contribution in [3.05, 3.63) is 89.5 Å². The lowest BCUT2D eigenvalue weighted by Crippen LogP contribution is -2.35. The predicted octanol–water partition coefficient (Wildman–Crippen LogP) is 5.35. The lowest BCUT2D eigenvalue weighted by Gasteiger charge is -2.21. The molecule has 0 heterocycles. The fourth-order valence-electron chi connectivity index (χ4n) is 2.95. The first kappa shape index (κ1) is 23.1. The van der Waals surface area contributed by atoms with Crippen LogP contribution >= 0.6 is 12.8 Å². The molecule has 3 rings (SSSR count). The molecular formula is C23H21F2N3O3S. The number of benzene rings is 3. The highest BCUT2D eigenvalue weighted by molar-refractivity contribution is 7.82. The third-order valence-corrected chi connectivity index (χ3v) is 5.11. The van der Waals surface area contributed by atoms with E-state index in [9.17, 15) is 18.4 Å². The fraction of sp³-hybridized carbons (Fsp3) is 0.130. The first-order valence-electron chi connectivity index (χ1n) is 9.59. The van der Waals surface area contributed by atoms with Gasteiger partial charge in [-0.2, -0.15) is 0 Å². The van der Waals surface area contributed by atoms with Crippen molar-refractivity contribution in [2.45, 2.75) is 13.0 Å². The molecule has 1 unspecified atom stereocenters. The van der Waals surface area contributed by atoms with Gasteiger partial charge in [-0.15, -0.1) is 0 Å². The number of nitrogens with zero attached hydrogens (tertiary/aromatic N) is 1. The van der Waals surface area contributed by atoms with Crippen molar-refractivity contribution in [3.8, 4) is 5.75 Å². The van der Waals surface area contributed by atoms with Gasteiger partial charge >= 0.3 is 6.03 Å². The number of nitrogens with one attached hydrogen (secondary N) is 2. The summed E-state index contributed by atoms with van der Waals surface area (Å²) in [4.78, 5) is 25.0. The second-order valence-electron chi connectivity index (χ2n) is 6.85. The summed E-state index contributed by atoms with van der Waals surface area (Å²) in [5.41, 5.74) is 1.29. The van der Waals surface area contributed by atoms with E-state index in [-0.39, 0.29) is 23.2 Å². The third kappa shape index (κ3) is 5.36. The van der Waals surface area contributed by atoms with E-state index in [4.69, 9.17) is 4.74 Å². The van der Waals surface area contributed by atoms with E-state index in [2.05, 4.69) is 23.4 Å². The lowest BCUT2D eigenvalue weighted by atomic mass is 10.1. The van der Waals surface area contributed by atoms with E-state index in [0.717, 1.165) is 9.87 Å². The Kier molecular flexibility index (Phi) is 7.32. The minimum absolute atomic E-state index is 0.108. The molecule has 0 radical (unpaired) electrons. The van der Waals surface area contributed by atoms with Crippen LogP contribution in [0.2, 0.25) is 0 Å². The molecule has 2 N–H and O–H groups in total. The Morgan fingerprint density at radius 3 is 2.38 bits per heavy atom. The molecule has 0 aliphatic heterocycles. The average molecular weight is 458 g/mol. The predicted molar refractivity (Wildman–Crippen MR) is 122 cm³/mol. The van der Waals surface area contributed by atoms with Crippen LogP contribution in [0.3, 0.4) is 0 Å². The van der Waals surface area contributed by atoms with Crippen molar-refractivity contribution < 1.29 is 23.1 Å². The maximum Gasteiger partial charge on any atom is 0.332 e. The SMILES string of the molecule is COc1cc(N(S)C(=O)NC(C)c2ccc(F)cc2)ccc1NC(=O)c1ccccc1F. The van der Waals surface area contributed by atoms with E-state index >= 15 is 0 Å². The van der Waals surface area contributed by atoms with Gasteiger partial charge in [0.15, 0.2) is 0 Å². The zero-order chi connectivity index (χ0) is 23.3. The smallest absolute Gasteiger partial charge is 0.332 e. The molecule has 0 saturated carbocycles. The van der Waals surface area contributed by atoms with Gasteiger partial charge in [-0.05, 0) is 48.9 Å². The van der Waals surface area contributed by atoms with Gasteiger partial charge < -0.3 is 15.4 Å². The fourth-order valence-corrected chi connectivity index (χ4v) is 3.13. The average Bonchev–Trinajstić information content (AvgIpc) is 2.79. The minimum Gasteiger partial charge on any atom is -0.494 e. The Balaban J connectivity index is 1.72. The number of thiol groups is 1. The van der Waals surface area contributed by atoms with Crippen LogP contribution in [0.5, 0.6) is 5.75 Å². The molecule has 0 saturated heterocycles. The van der Waals surface area contributed by atoms with E-state index in [1.54, 1.807) is 31.2 Å². The molecule has 0 bridgehead atoms. The normalized spacial score (nSPS) is 11.4. The Bertz CT molecular complexity index is 1130. The Hall–Kier alpha value is -3.59. The maximum atomic E-state index is 13.9. The zero-order valence-corrected chi connectivity index (χ0v) is 18.2.